The van der Waals surface area contributed by atoms with Crippen LogP contribution in [-0.4, -0.2) is 24.8 Å². The van der Waals surface area contributed by atoms with Gasteiger partial charge in [0.15, 0.2) is 11.5 Å². The Morgan fingerprint density at radius 2 is 1.89 bits per heavy atom. The summed E-state index contributed by atoms with van der Waals surface area (Å²) < 4.78 is 16.0. The van der Waals surface area contributed by atoms with Gasteiger partial charge in [-0.15, -0.1) is 0 Å². The van der Waals surface area contributed by atoms with Gasteiger partial charge >= 0.3 is 0 Å². The SMILES string of the molecule is COc1ccc(C)cc1Nc1ccnc(C(=O)Nc2ccc3c(c2)OCO3)c1. The number of aromatic nitrogens is 1. The van der Waals surface area contributed by atoms with Crippen molar-refractivity contribution in [1.82, 2.24) is 4.98 Å². The van der Waals surface area contributed by atoms with Gasteiger partial charge < -0.3 is 24.8 Å². The van der Waals surface area contributed by atoms with Crippen LogP contribution in [0.1, 0.15) is 16.1 Å². The Bertz CT molecular complexity index is 1040. The largest absolute Gasteiger partial charge is 0.495 e. The average molecular weight is 377 g/mol. The molecule has 1 aromatic heterocycles. The number of rotatable bonds is 5. The quantitative estimate of drug-likeness (QED) is 0.696. The number of ether oxygens (including phenoxy) is 3. The predicted molar refractivity (Wildman–Crippen MR) is 106 cm³/mol. The van der Waals surface area contributed by atoms with E-state index in [1.165, 1.54) is 0 Å². The van der Waals surface area contributed by atoms with Crippen molar-refractivity contribution in [1.29, 1.82) is 0 Å². The number of hydrogen-bond acceptors (Lipinski definition) is 6. The van der Waals surface area contributed by atoms with E-state index in [1.807, 2.05) is 25.1 Å². The number of carbonyl (C=O) groups excluding carboxylic acids is 1. The number of carbonyl (C=O) groups is 1. The second-order valence-corrected chi connectivity index (χ2v) is 6.28. The molecule has 1 amide bonds. The van der Waals surface area contributed by atoms with E-state index in [9.17, 15) is 4.79 Å². The molecule has 0 atom stereocenters. The summed E-state index contributed by atoms with van der Waals surface area (Å²) in [5.74, 6) is 1.66. The Morgan fingerprint density at radius 1 is 1.04 bits per heavy atom. The zero-order chi connectivity index (χ0) is 19.5. The van der Waals surface area contributed by atoms with Crippen LogP contribution in [0.2, 0.25) is 0 Å². The summed E-state index contributed by atoms with van der Waals surface area (Å²) >= 11 is 0. The van der Waals surface area contributed by atoms with E-state index in [0.717, 1.165) is 16.9 Å². The smallest absolute Gasteiger partial charge is 0.274 e. The van der Waals surface area contributed by atoms with Gasteiger partial charge in [0.05, 0.1) is 12.8 Å². The summed E-state index contributed by atoms with van der Waals surface area (Å²) in [5.41, 5.74) is 3.53. The molecule has 0 spiro atoms. The summed E-state index contributed by atoms with van der Waals surface area (Å²) in [6.07, 6.45) is 1.58. The summed E-state index contributed by atoms with van der Waals surface area (Å²) in [6, 6.07) is 14.6. The van der Waals surface area contributed by atoms with Gasteiger partial charge in [-0.05, 0) is 48.9 Å². The Morgan fingerprint density at radius 3 is 2.75 bits per heavy atom. The number of anilines is 3. The highest BCUT2D eigenvalue weighted by Crippen LogP contribution is 2.34. The van der Waals surface area contributed by atoms with Gasteiger partial charge in [0.1, 0.15) is 11.4 Å². The molecule has 2 aromatic carbocycles. The van der Waals surface area contributed by atoms with Crippen molar-refractivity contribution in [3.8, 4) is 17.2 Å². The van der Waals surface area contributed by atoms with Crippen LogP contribution in [0.15, 0.2) is 54.7 Å². The molecule has 0 radical (unpaired) electrons. The van der Waals surface area contributed by atoms with Gasteiger partial charge in [0.2, 0.25) is 6.79 Å². The van der Waals surface area contributed by atoms with Gasteiger partial charge in [0, 0.05) is 23.6 Å². The molecule has 28 heavy (non-hydrogen) atoms. The van der Waals surface area contributed by atoms with Crippen LogP contribution in [0.4, 0.5) is 17.1 Å². The topological polar surface area (TPSA) is 81.7 Å². The third kappa shape index (κ3) is 3.68. The molecule has 2 N–H and O–H groups in total. The molecular weight excluding hydrogens is 358 g/mol. The van der Waals surface area contributed by atoms with Crippen LogP contribution >= 0.6 is 0 Å². The lowest BCUT2D eigenvalue weighted by atomic mass is 10.2. The van der Waals surface area contributed by atoms with Crippen molar-refractivity contribution in [2.45, 2.75) is 6.92 Å². The first-order valence-corrected chi connectivity index (χ1v) is 8.71. The highest BCUT2D eigenvalue weighted by molar-refractivity contribution is 6.03. The Labute approximate surface area is 162 Å². The molecule has 0 unspecified atom stereocenters. The molecule has 2 heterocycles. The number of pyridine rings is 1. The molecule has 142 valence electrons. The maximum absolute atomic E-state index is 12.6. The van der Waals surface area contributed by atoms with E-state index in [4.69, 9.17) is 14.2 Å². The molecule has 1 aliphatic rings. The number of aryl methyl sites for hydroxylation is 1. The van der Waals surface area contributed by atoms with Crippen LogP contribution in [-0.2, 0) is 0 Å². The highest BCUT2D eigenvalue weighted by Gasteiger charge is 2.15. The molecule has 0 fully saturated rings. The van der Waals surface area contributed by atoms with E-state index in [2.05, 4.69) is 15.6 Å². The van der Waals surface area contributed by atoms with Crippen molar-refractivity contribution >= 4 is 23.0 Å². The van der Waals surface area contributed by atoms with Crippen LogP contribution in [0, 0.1) is 6.92 Å². The number of fused-ring (bicyclic) bond motifs is 1. The third-order valence-electron chi connectivity index (χ3n) is 4.26. The first-order valence-electron chi connectivity index (χ1n) is 8.71. The van der Waals surface area contributed by atoms with Crippen LogP contribution in [0.3, 0.4) is 0 Å². The van der Waals surface area contributed by atoms with Crippen molar-refractivity contribution < 1.29 is 19.0 Å². The number of nitrogens with one attached hydrogen (secondary N) is 2. The molecule has 0 aliphatic carbocycles. The van der Waals surface area contributed by atoms with Crippen molar-refractivity contribution in [2.75, 3.05) is 24.5 Å². The lowest BCUT2D eigenvalue weighted by Gasteiger charge is -2.13. The summed E-state index contributed by atoms with van der Waals surface area (Å²) in [7, 11) is 1.62. The van der Waals surface area contributed by atoms with Gasteiger partial charge in [-0.3, -0.25) is 9.78 Å². The second kappa shape index (κ2) is 7.48. The lowest BCUT2D eigenvalue weighted by molar-refractivity contribution is 0.102. The van der Waals surface area contributed by atoms with Gasteiger partial charge in [-0.2, -0.15) is 0 Å². The van der Waals surface area contributed by atoms with Crippen molar-refractivity contribution in [3.05, 3.63) is 66.0 Å². The summed E-state index contributed by atoms with van der Waals surface area (Å²) in [4.78, 5) is 16.8. The zero-order valence-corrected chi connectivity index (χ0v) is 15.5. The lowest BCUT2D eigenvalue weighted by Crippen LogP contribution is -2.13. The van der Waals surface area contributed by atoms with E-state index >= 15 is 0 Å². The van der Waals surface area contributed by atoms with Crippen molar-refractivity contribution in [2.24, 2.45) is 0 Å². The Kier molecular flexibility index (Phi) is 4.72. The van der Waals surface area contributed by atoms with Crippen LogP contribution in [0.25, 0.3) is 0 Å². The molecule has 0 saturated carbocycles. The van der Waals surface area contributed by atoms with E-state index in [0.29, 0.717) is 22.9 Å². The Hall–Kier alpha value is -3.74. The van der Waals surface area contributed by atoms with E-state index < -0.39 is 0 Å². The fourth-order valence-electron chi connectivity index (χ4n) is 2.88. The summed E-state index contributed by atoms with van der Waals surface area (Å²) in [5, 5.41) is 6.10. The zero-order valence-electron chi connectivity index (χ0n) is 15.5. The number of benzene rings is 2. The molecule has 4 rings (SSSR count). The van der Waals surface area contributed by atoms with Gasteiger partial charge in [0.25, 0.3) is 5.91 Å². The first kappa shape index (κ1) is 17.7. The minimum atomic E-state index is -0.321. The van der Waals surface area contributed by atoms with E-state index in [-0.39, 0.29) is 18.4 Å². The van der Waals surface area contributed by atoms with Crippen LogP contribution in [0.5, 0.6) is 17.2 Å². The van der Waals surface area contributed by atoms with Crippen molar-refractivity contribution in [3.63, 3.8) is 0 Å². The molecular formula is C21H19N3O4. The third-order valence-corrected chi connectivity index (χ3v) is 4.26. The molecule has 0 bridgehead atoms. The number of methoxy groups -OCH3 is 1. The number of hydrogen-bond donors (Lipinski definition) is 2. The first-order chi connectivity index (χ1) is 13.6. The molecule has 3 aromatic rings. The minimum absolute atomic E-state index is 0.185. The number of nitrogens with zero attached hydrogens (tertiary/aromatic N) is 1. The monoisotopic (exact) mass is 377 g/mol. The molecule has 1 aliphatic heterocycles. The van der Waals surface area contributed by atoms with E-state index in [1.54, 1.807) is 43.6 Å². The molecule has 0 saturated heterocycles. The van der Waals surface area contributed by atoms with Gasteiger partial charge in [-0.25, -0.2) is 0 Å². The number of amides is 1. The average Bonchev–Trinajstić information content (AvgIpc) is 3.16. The Balaban J connectivity index is 1.52. The normalized spacial score (nSPS) is 11.8. The fraction of sp³-hybridized carbons (Fsp3) is 0.143. The maximum atomic E-state index is 12.6. The highest BCUT2D eigenvalue weighted by atomic mass is 16.7. The fourth-order valence-corrected chi connectivity index (χ4v) is 2.88. The standard InChI is InChI=1S/C21H19N3O4/c1-13-3-5-18(26-2)16(9-13)23-15-7-8-22-17(10-15)21(25)24-14-4-6-19-20(11-14)28-12-27-19/h3-11H,12H2,1-2H3,(H,22,23)(H,24,25). The second-order valence-electron chi connectivity index (χ2n) is 6.28. The molecule has 7 nitrogen and oxygen atoms in total. The molecule has 7 heteroatoms. The minimum Gasteiger partial charge on any atom is -0.495 e. The van der Waals surface area contributed by atoms with Crippen LogP contribution < -0.4 is 24.8 Å². The predicted octanol–water partition coefficient (Wildman–Crippen LogP) is 4.12. The summed E-state index contributed by atoms with van der Waals surface area (Å²) in [6.45, 7) is 2.19. The maximum Gasteiger partial charge on any atom is 0.274 e. The van der Waals surface area contributed by atoms with Gasteiger partial charge in [-0.1, -0.05) is 6.07 Å².